The van der Waals surface area contributed by atoms with E-state index in [9.17, 15) is 9.90 Å². The minimum Gasteiger partial charge on any atom is -0.549 e. The summed E-state index contributed by atoms with van der Waals surface area (Å²) in [6.45, 7) is 0. The van der Waals surface area contributed by atoms with E-state index in [4.69, 9.17) is 0 Å². The second-order valence-electron chi connectivity index (χ2n) is 0.911. The standard InChI is InChI=1S/C3H4O2S3.2Li/c4-2(5)1-8-3(6)7;;/h1H2,(H,4,5)(H,6,7);;/q;2*+1/p-2. The molecular formula is C3H2Li2O2S3. The summed E-state index contributed by atoms with van der Waals surface area (Å²) in [5, 5.41) is 9.67. The number of thiocarbonyl (C=S) groups is 1. The van der Waals surface area contributed by atoms with Gasteiger partial charge < -0.3 is 34.7 Å². The molecule has 0 aliphatic carbocycles. The fourth-order valence-corrected chi connectivity index (χ4v) is 0.707. The Bertz CT molecular complexity index is 104. The Kier molecular flexibility index (Phi) is 18.0. The molecule has 0 saturated carbocycles. The number of rotatable bonds is 2. The molecule has 0 bridgehead atoms. The fraction of sp³-hybridized carbons (Fsp3) is 0.333. The van der Waals surface area contributed by atoms with E-state index in [-0.39, 0.29) is 47.0 Å². The molecule has 0 aromatic rings. The molecule has 0 radical (unpaired) electrons. The number of carbonyl (C=O) groups is 1. The van der Waals surface area contributed by atoms with Gasteiger partial charge >= 0.3 is 37.7 Å². The third kappa shape index (κ3) is 16.2. The molecule has 10 heavy (non-hydrogen) atoms. The topological polar surface area (TPSA) is 40.1 Å². The molecule has 0 heterocycles. The van der Waals surface area contributed by atoms with E-state index in [0.29, 0.717) is 0 Å². The van der Waals surface area contributed by atoms with Crippen molar-refractivity contribution in [3.05, 3.63) is 0 Å². The zero-order chi connectivity index (χ0) is 6.57. The van der Waals surface area contributed by atoms with Crippen LogP contribution in [0.5, 0.6) is 0 Å². The van der Waals surface area contributed by atoms with Gasteiger partial charge in [0.2, 0.25) is 0 Å². The number of thioether (sulfide) groups is 1. The Balaban J connectivity index is -0.000000245. The molecular weight excluding hydrogens is 178 g/mol. The van der Waals surface area contributed by atoms with Crippen molar-refractivity contribution >= 4 is 46.1 Å². The van der Waals surface area contributed by atoms with Gasteiger partial charge in [0.1, 0.15) is 0 Å². The summed E-state index contributed by atoms with van der Waals surface area (Å²) in [6.07, 6.45) is 0. The Morgan fingerprint density at radius 1 is 1.60 bits per heavy atom. The van der Waals surface area contributed by atoms with Gasteiger partial charge in [-0.25, -0.2) is 0 Å². The maximum Gasteiger partial charge on any atom is 1.00 e. The van der Waals surface area contributed by atoms with Crippen LogP contribution in [-0.2, 0) is 17.4 Å². The Morgan fingerprint density at radius 2 is 2.00 bits per heavy atom. The van der Waals surface area contributed by atoms with E-state index >= 15 is 0 Å². The second kappa shape index (κ2) is 10.3. The van der Waals surface area contributed by atoms with Gasteiger partial charge in [0.25, 0.3) is 0 Å². The van der Waals surface area contributed by atoms with Crippen molar-refractivity contribution in [3.8, 4) is 0 Å². The van der Waals surface area contributed by atoms with Crippen molar-refractivity contribution in [2.45, 2.75) is 0 Å². The van der Waals surface area contributed by atoms with Crippen molar-refractivity contribution in [1.82, 2.24) is 0 Å². The predicted molar refractivity (Wildman–Crippen MR) is 37.4 cm³/mol. The largest absolute Gasteiger partial charge is 1.00 e. The van der Waals surface area contributed by atoms with Gasteiger partial charge in [-0.3, -0.25) is 0 Å². The van der Waals surface area contributed by atoms with Crippen LogP contribution in [0.3, 0.4) is 0 Å². The van der Waals surface area contributed by atoms with Crippen molar-refractivity contribution in [1.29, 1.82) is 0 Å². The number of hydrogen-bond acceptors (Lipinski definition) is 5. The Hall–Kier alpha value is 1.32. The maximum atomic E-state index is 9.67. The van der Waals surface area contributed by atoms with Crippen LogP contribution in [0.15, 0.2) is 0 Å². The molecule has 0 spiro atoms. The molecule has 0 aliphatic heterocycles. The summed E-state index contributed by atoms with van der Waals surface area (Å²) in [4.78, 5) is 9.67. The third-order valence-electron chi connectivity index (χ3n) is 0.308. The van der Waals surface area contributed by atoms with E-state index in [1.54, 1.807) is 0 Å². The first kappa shape index (κ1) is 17.4. The smallest absolute Gasteiger partial charge is 0.549 e. The molecule has 0 atom stereocenters. The molecule has 0 unspecified atom stereocenters. The molecule has 0 aliphatic rings. The van der Waals surface area contributed by atoms with Crippen molar-refractivity contribution in [2.75, 3.05) is 5.75 Å². The summed E-state index contributed by atoms with van der Waals surface area (Å²) in [5.74, 6) is -1.27. The number of aliphatic carboxylic acids is 1. The zero-order valence-corrected chi connectivity index (χ0v) is 8.20. The molecule has 0 N–H and O–H groups in total. The summed E-state index contributed by atoms with van der Waals surface area (Å²) >= 11 is 9.72. The molecule has 0 fully saturated rings. The van der Waals surface area contributed by atoms with E-state index in [2.05, 4.69) is 24.8 Å². The Morgan fingerprint density at radius 3 is 2.10 bits per heavy atom. The first-order valence-corrected chi connectivity index (χ1v) is 3.46. The zero-order valence-electron chi connectivity index (χ0n) is 5.75. The minimum absolute atomic E-state index is 0. The SMILES string of the molecule is O=C([O-])CSC(=S)[S-].[Li+].[Li+]. The monoisotopic (exact) mass is 180 g/mol. The molecule has 0 aromatic heterocycles. The third-order valence-corrected chi connectivity index (χ3v) is 1.63. The fourth-order valence-electron chi connectivity index (χ4n) is 0.118. The van der Waals surface area contributed by atoms with Gasteiger partial charge in [-0.2, -0.15) is 0 Å². The predicted octanol–water partition coefficient (Wildman–Crippen LogP) is -6.69. The van der Waals surface area contributed by atoms with Crippen LogP contribution in [-0.4, -0.2) is 15.3 Å². The molecule has 0 amide bonds. The average molecular weight is 180 g/mol. The summed E-state index contributed by atoms with van der Waals surface area (Å²) in [5.41, 5.74) is 0. The van der Waals surface area contributed by atoms with E-state index in [1.807, 2.05) is 0 Å². The van der Waals surface area contributed by atoms with Crippen LogP contribution in [0.4, 0.5) is 0 Å². The van der Waals surface area contributed by atoms with Gasteiger partial charge in [-0.1, -0.05) is 3.53 Å². The molecule has 0 rings (SSSR count). The van der Waals surface area contributed by atoms with Gasteiger partial charge in [-0.05, 0) is 0 Å². The molecule has 0 aromatic carbocycles. The second-order valence-corrected chi connectivity index (χ2v) is 3.49. The number of carbonyl (C=O) groups excluding carboxylic acids is 1. The van der Waals surface area contributed by atoms with Crippen molar-refractivity contribution in [3.63, 3.8) is 0 Å². The molecule has 0 saturated heterocycles. The molecule has 46 valence electrons. The first-order valence-electron chi connectivity index (χ1n) is 1.66. The van der Waals surface area contributed by atoms with E-state index < -0.39 is 5.97 Å². The maximum absolute atomic E-state index is 9.67. The quantitative estimate of drug-likeness (QED) is 0.240. The van der Waals surface area contributed by atoms with Gasteiger partial charge in [0.15, 0.2) is 0 Å². The average Bonchev–Trinajstić information content (AvgIpc) is 1.61. The van der Waals surface area contributed by atoms with E-state index in [0.717, 1.165) is 11.8 Å². The number of carboxylic acid groups (broad SMARTS) is 1. The van der Waals surface area contributed by atoms with Crippen LogP contribution in [0.25, 0.3) is 0 Å². The van der Waals surface area contributed by atoms with Crippen LogP contribution in [0, 0.1) is 0 Å². The number of hydrogen-bond donors (Lipinski definition) is 0. The van der Waals surface area contributed by atoms with Crippen LogP contribution in [0.1, 0.15) is 0 Å². The van der Waals surface area contributed by atoms with Crippen LogP contribution < -0.4 is 42.8 Å². The van der Waals surface area contributed by atoms with Gasteiger partial charge in [0, 0.05) is 5.75 Å². The van der Waals surface area contributed by atoms with Crippen molar-refractivity contribution in [2.24, 2.45) is 0 Å². The normalized spacial score (nSPS) is 6.80. The van der Waals surface area contributed by atoms with Gasteiger partial charge in [-0.15, -0.1) is 11.8 Å². The molecule has 2 nitrogen and oxygen atoms in total. The Labute approximate surface area is 98.7 Å². The van der Waals surface area contributed by atoms with E-state index in [1.165, 1.54) is 0 Å². The molecule has 7 heteroatoms. The number of carboxylic acids is 1. The van der Waals surface area contributed by atoms with Gasteiger partial charge in [0.05, 0.1) is 5.97 Å². The van der Waals surface area contributed by atoms with Crippen LogP contribution in [0.2, 0.25) is 0 Å². The first-order chi connectivity index (χ1) is 3.63. The summed E-state index contributed by atoms with van der Waals surface area (Å²) in [7, 11) is 0. The van der Waals surface area contributed by atoms with Crippen molar-refractivity contribution < 1.29 is 47.6 Å². The minimum atomic E-state index is -1.14. The summed E-state index contributed by atoms with van der Waals surface area (Å²) < 4.78 is 0.217. The van der Waals surface area contributed by atoms with Crippen LogP contribution >= 0.6 is 24.0 Å². The summed E-state index contributed by atoms with van der Waals surface area (Å²) in [6, 6.07) is 0.